The minimum absolute atomic E-state index is 0.175. The first-order chi connectivity index (χ1) is 15.5. The molecule has 1 amide bonds. The topological polar surface area (TPSA) is 87.5 Å². The molecule has 1 aliphatic heterocycles. The van der Waals surface area contributed by atoms with Crippen molar-refractivity contribution in [3.63, 3.8) is 0 Å². The van der Waals surface area contributed by atoms with Gasteiger partial charge in [0.15, 0.2) is 0 Å². The summed E-state index contributed by atoms with van der Waals surface area (Å²) in [6.07, 6.45) is 3.66. The van der Waals surface area contributed by atoms with Crippen molar-refractivity contribution in [1.82, 2.24) is 19.0 Å². The number of para-hydroxylation sites is 1. The van der Waals surface area contributed by atoms with Crippen LogP contribution in [0.3, 0.4) is 0 Å². The minimum Gasteiger partial charge on any atom is -0.326 e. The maximum absolute atomic E-state index is 12.9. The smallest absolute Gasteiger partial charge is 0.243 e. The molecule has 1 N–H and O–H groups in total. The highest BCUT2D eigenvalue weighted by molar-refractivity contribution is 7.89. The predicted octanol–water partition coefficient (Wildman–Crippen LogP) is 2.38. The molecule has 32 heavy (non-hydrogen) atoms. The Labute approximate surface area is 188 Å². The summed E-state index contributed by atoms with van der Waals surface area (Å²) in [5, 5.41) is 7.12. The van der Waals surface area contributed by atoms with E-state index in [2.05, 4.69) is 22.2 Å². The van der Waals surface area contributed by atoms with Crippen molar-refractivity contribution in [2.45, 2.75) is 18.2 Å². The molecule has 2 heterocycles. The van der Waals surface area contributed by atoms with E-state index in [1.165, 1.54) is 4.31 Å². The summed E-state index contributed by atoms with van der Waals surface area (Å²) in [6, 6.07) is 16.0. The van der Waals surface area contributed by atoms with Crippen molar-refractivity contribution in [3.05, 3.63) is 72.6 Å². The van der Waals surface area contributed by atoms with Crippen molar-refractivity contribution in [2.75, 3.05) is 38.0 Å². The van der Waals surface area contributed by atoms with E-state index in [9.17, 15) is 13.2 Å². The number of hydrogen-bond donors (Lipinski definition) is 1. The number of nitrogens with one attached hydrogen (secondary N) is 1. The maximum Gasteiger partial charge on any atom is 0.243 e. The summed E-state index contributed by atoms with van der Waals surface area (Å²) in [7, 11) is -3.53. The van der Waals surface area contributed by atoms with Crippen LogP contribution in [-0.2, 0) is 21.2 Å². The van der Waals surface area contributed by atoms with E-state index in [1.54, 1.807) is 35.1 Å². The average Bonchev–Trinajstić information content (AvgIpc) is 3.28. The summed E-state index contributed by atoms with van der Waals surface area (Å²) in [5.41, 5.74) is 2.27. The van der Waals surface area contributed by atoms with Gasteiger partial charge < -0.3 is 10.2 Å². The molecule has 0 atom stereocenters. The molecule has 0 saturated carbocycles. The van der Waals surface area contributed by atoms with E-state index in [-0.39, 0.29) is 17.2 Å². The molecule has 1 saturated heterocycles. The fourth-order valence-corrected chi connectivity index (χ4v) is 5.13. The lowest BCUT2D eigenvalue weighted by molar-refractivity contribution is -0.115. The number of likely N-dealkylation sites (N-methyl/N-ethyl adjacent to an activating group) is 1. The highest BCUT2D eigenvalue weighted by atomic mass is 32.2. The highest BCUT2D eigenvalue weighted by Crippen LogP contribution is 2.20. The van der Waals surface area contributed by atoms with Crippen LogP contribution < -0.4 is 5.32 Å². The molecule has 0 bridgehead atoms. The van der Waals surface area contributed by atoms with Gasteiger partial charge >= 0.3 is 0 Å². The number of aromatic nitrogens is 2. The number of benzene rings is 2. The Morgan fingerprint density at radius 2 is 1.69 bits per heavy atom. The Morgan fingerprint density at radius 3 is 2.34 bits per heavy atom. The second-order valence-corrected chi connectivity index (χ2v) is 9.65. The molecule has 1 aliphatic rings. The van der Waals surface area contributed by atoms with Crippen LogP contribution in [0.2, 0.25) is 0 Å². The summed E-state index contributed by atoms with van der Waals surface area (Å²) in [4.78, 5) is 14.9. The number of nitrogens with zero attached hydrogens (tertiary/aromatic N) is 4. The van der Waals surface area contributed by atoms with Crippen LogP contribution >= 0.6 is 0 Å². The molecule has 9 heteroatoms. The van der Waals surface area contributed by atoms with Crippen LogP contribution in [0.4, 0.5) is 5.69 Å². The monoisotopic (exact) mass is 453 g/mol. The van der Waals surface area contributed by atoms with Gasteiger partial charge in [0.05, 0.1) is 23.2 Å². The Balaban J connectivity index is 1.35. The molecule has 4 rings (SSSR count). The van der Waals surface area contributed by atoms with Crippen LogP contribution in [0.5, 0.6) is 0 Å². The quantitative estimate of drug-likeness (QED) is 0.594. The van der Waals surface area contributed by atoms with Crippen molar-refractivity contribution in [1.29, 1.82) is 0 Å². The lowest BCUT2D eigenvalue weighted by Crippen LogP contribution is -2.48. The molecule has 168 valence electrons. The Kier molecular flexibility index (Phi) is 6.69. The van der Waals surface area contributed by atoms with Gasteiger partial charge in [0.25, 0.3) is 0 Å². The minimum atomic E-state index is -3.53. The first-order valence-corrected chi connectivity index (χ1v) is 12.1. The van der Waals surface area contributed by atoms with E-state index < -0.39 is 10.0 Å². The third-order valence-corrected chi connectivity index (χ3v) is 7.49. The Morgan fingerprint density at radius 1 is 1.00 bits per heavy atom. The lowest BCUT2D eigenvalue weighted by atomic mass is 10.2. The van der Waals surface area contributed by atoms with E-state index in [0.29, 0.717) is 18.8 Å². The molecule has 8 nitrogen and oxygen atoms in total. The highest BCUT2D eigenvalue weighted by Gasteiger charge is 2.27. The van der Waals surface area contributed by atoms with E-state index in [0.717, 1.165) is 30.9 Å². The maximum atomic E-state index is 12.9. The van der Waals surface area contributed by atoms with Crippen molar-refractivity contribution in [3.8, 4) is 5.69 Å². The van der Waals surface area contributed by atoms with Gasteiger partial charge in [-0.15, -0.1) is 0 Å². The zero-order valence-corrected chi connectivity index (χ0v) is 18.8. The zero-order chi connectivity index (χ0) is 22.6. The summed E-state index contributed by atoms with van der Waals surface area (Å²) in [5.74, 6) is -0.191. The number of anilines is 1. The fourth-order valence-electron chi connectivity index (χ4n) is 3.71. The SMILES string of the molecule is CCN1CCN(S(=O)(=O)c2ccc(NC(=O)Cc3cnn(-c4ccccc4)c3)cc2)CC1. The number of piperazine rings is 1. The standard InChI is InChI=1S/C23H27N5O3S/c1-2-26-12-14-27(15-13-26)32(30,31)22-10-8-20(9-11-22)25-23(29)16-19-17-24-28(18-19)21-6-4-3-5-7-21/h3-11,17-18H,2,12-16H2,1H3,(H,25,29). The molecular formula is C23H27N5O3S. The third-order valence-electron chi connectivity index (χ3n) is 5.58. The zero-order valence-electron chi connectivity index (χ0n) is 18.0. The van der Waals surface area contributed by atoms with Crippen molar-refractivity contribution in [2.24, 2.45) is 0 Å². The van der Waals surface area contributed by atoms with Gasteiger partial charge in [0.1, 0.15) is 0 Å². The van der Waals surface area contributed by atoms with Gasteiger partial charge in [-0.1, -0.05) is 25.1 Å². The normalized spacial score (nSPS) is 15.5. The molecular weight excluding hydrogens is 426 g/mol. The van der Waals surface area contributed by atoms with E-state index in [4.69, 9.17) is 0 Å². The number of carbonyl (C=O) groups is 1. The summed E-state index contributed by atoms with van der Waals surface area (Å²) >= 11 is 0. The Hall–Kier alpha value is -3.01. The van der Waals surface area contributed by atoms with Gasteiger partial charge in [-0.05, 0) is 48.5 Å². The van der Waals surface area contributed by atoms with Gasteiger partial charge in [-0.25, -0.2) is 13.1 Å². The second kappa shape index (κ2) is 9.64. The van der Waals surface area contributed by atoms with Crippen LogP contribution in [-0.4, -0.2) is 66.0 Å². The van der Waals surface area contributed by atoms with E-state index in [1.807, 2.05) is 36.5 Å². The van der Waals surface area contributed by atoms with Crippen LogP contribution in [0.25, 0.3) is 5.69 Å². The number of rotatable bonds is 7. The van der Waals surface area contributed by atoms with Gasteiger partial charge in [0, 0.05) is 38.1 Å². The Bertz CT molecular complexity index is 1150. The molecule has 0 aliphatic carbocycles. The van der Waals surface area contributed by atoms with Gasteiger partial charge in [-0.2, -0.15) is 9.40 Å². The lowest BCUT2D eigenvalue weighted by Gasteiger charge is -2.33. The molecule has 0 radical (unpaired) electrons. The van der Waals surface area contributed by atoms with Crippen LogP contribution in [0, 0.1) is 0 Å². The molecule has 1 aromatic heterocycles. The second-order valence-electron chi connectivity index (χ2n) is 7.72. The number of amides is 1. The summed E-state index contributed by atoms with van der Waals surface area (Å²) < 4.78 is 29.0. The summed E-state index contributed by atoms with van der Waals surface area (Å²) in [6.45, 7) is 5.47. The number of sulfonamides is 1. The number of carbonyl (C=O) groups excluding carboxylic acids is 1. The van der Waals surface area contributed by atoms with Gasteiger partial charge in [-0.3, -0.25) is 4.79 Å². The average molecular weight is 454 g/mol. The number of hydrogen-bond acceptors (Lipinski definition) is 5. The van der Waals surface area contributed by atoms with Crippen LogP contribution in [0.1, 0.15) is 12.5 Å². The van der Waals surface area contributed by atoms with Crippen molar-refractivity contribution < 1.29 is 13.2 Å². The predicted molar refractivity (Wildman–Crippen MR) is 123 cm³/mol. The van der Waals surface area contributed by atoms with Crippen molar-refractivity contribution >= 4 is 21.6 Å². The molecule has 3 aromatic rings. The third kappa shape index (κ3) is 5.07. The van der Waals surface area contributed by atoms with E-state index >= 15 is 0 Å². The molecule has 1 fully saturated rings. The van der Waals surface area contributed by atoms with Crippen LogP contribution in [0.15, 0.2) is 71.9 Å². The molecule has 0 spiro atoms. The fraction of sp³-hybridized carbons (Fsp3) is 0.304. The molecule has 0 unspecified atom stereocenters. The molecule has 2 aromatic carbocycles. The first-order valence-electron chi connectivity index (χ1n) is 10.7. The van der Waals surface area contributed by atoms with Gasteiger partial charge in [0.2, 0.25) is 15.9 Å². The first kappa shape index (κ1) is 22.2. The largest absolute Gasteiger partial charge is 0.326 e.